The number of carboxylic acids is 1. The minimum Gasteiger partial charge on any atom is -0.480 e. The van der Waals surface area contributed by atoms with Crippen LogP contribution in [0.2, 0.25) is 0 Å². The van der Waals surface area contributed by atoms with Gasteiger partial charge >= 0.3 is 5.97 Å². The summed E-state index contributed by atoms with van der Waals surface area (Å²) in [5, 5.41) is 9.11. The molecule has 0 saturated carbocycles. The smallest absolute Gasteiger partial charge is 0.322 e. The van der Waals surface area contributed by atoms with Crippen molar-refractivity contribution in [2.75, 3.05) is 6.54 Å². The van der Waals surface area contributed by atoms with Crippen molar-refractivity contribution in [3.05, 3.63) is 12.0 Å². The van der Waals surface area contributed by atoms with Gasteiger partial charge in [-0.05, 0) is 19.3 Å². The predicted molar refractivity (Wildman–Crippen MR) is 67.1 cm³/mol. The van der Waals surface area contributed by atoms with Gasteiger partial charge in [-0.25, -0.2) is 13.4 Å². The molecule has 0 aliphatic carbocycles. The number of aromatic amines is 1. The van der Waals surface area contributed by atoms with E-state index in [0.29, 0.717) is 25.1 Å². The number of nitrogens with zero attached hydrogens (tertiary/aromatic N) is 2. The lowest BCUT2D eigenvalue weighted by molar-refractivity contribution is -0.142. The molecule has 19 heavy (non-hydrogen) atoms. The Kier molecular flexibility index (Phi) is 3.91. The topological polar surface area (TPSA) is 103 Å². The summed E-state index contributed by atoms with van der Waals surface area (Å²) in [5.41, 5.74) is 0. The molecule has 8 heteroatoms. The molecule has 2 rings (SSSR count). The molecule has 1 saturated heterocycles. The second-order valence-electron chi connectivity index (χ2n) is 4.51. The van der Waals surface area contributed by atoms with E-state index in [1.807, 2.05) is 6.92 Å². The summed E-state index contributed by atoms with van der Waals surface area (Å²) in [5.74, 6) is -0.527. The average Bonchev–Trinajstić information content (AvgIpc) is 2.88. The second-order valence-corrected chi connectivity index (χ2v) is 6.37. The lowest BCUT2D eigenvalue weighted by Crippen LogP contribution is -2.47. The Balaban J connectivity index is 2.34. The number of hydrogen-bond donors (Lipinski definition) is 2. The highest BCUT2D eigenvalue weighted by Gasteiger charge is 2.38. The summed E-state index contributed by atoms with van der Waals surface area (Å²) < 4.78 is 25.9. The first-order valence-electron chi connectivity index (χ1n) is 6.25. The maximum Gasteiger partial charge on any atom is 0.322 e. The minimum absolute atomic E-state index is 0.0301. The van der Waals surface area contributed by atoms with Gasteiger partial charge in [-0.15, -0.1) is 0 Å². The van der Waals surface area contributed by atoms with Gasteiger partial charge in [-0.3, -0.25) is 4.79 Å². The number of piperidine rings is 1. The van der Waals surface area contributed by atoms with E-state index >= 15 is 0 Å². The molecule has 0 radical (unpaired) electrons. The number of hydrogen-bond acceptors (Lipinski definition) is 4. The molecule has 1 aromatic heterocycles. The van der Waals surface area contributed by atoms with Crippen molar-refractivity contribution in [2.24, 2.45) is 0 Å². The molecule has 2 heterocycles. The van der Waals surface area contributed by atoms with E-state index in [1.54, 1.807) is 0 Å². The van der Waals surface area contributed by atoms with Crippen molar-refractivity contribution >= 4 is 16.0 Å². The van der Waals surface area contributed by atoms with Gasteiger partial charge in [-0.1, -0.05) is 6.92 Å². The number of rotatable bonds is 4. The Morgan fingerprint density at radius 3 is 2.89 bits per heavy atom. The quantitative estimate of drug-likeness (QED) is 0.844. The molecule has 0 bridgehead atoms. The van der Waals surface area contributed by atoms with Gasteiger partial charge in [0.1, 0.15) is 11.9 Å². The molecule has 1 aliphatic heterocycles. The SMILES string of the molecule is CCc1ncc(S(=O)(=O)N2CCCCC2C(=O)O)[nH]1. The van der Waals surface area contributed by atoms with Gasteiger partial charge in [0.25, 0.3) is 10.0 Å². The fourth-order valence-corrected chi connectivity index (χ4v) is 3.81. The van der Waals surface area contributed by atoms with Gasteiger partial charge in [0.05, 0.1) is 6.20 Å². The summed E-state index contributed by atoms with van der Waals surface area (Å²) in [6.07, 6.45) is 3.60. The number of H-pyrrole nitrogens is 1. The largest absolute Gasteiger partial charge is 0.480 e. The van der Waals surface area contributed by atoms with Crippen LogP contribution in [0.25, 0.3) is 0 Å². The van der Waals surface area contributed by atoms with E-state index in [-0.39, 0.29) is 11.6 Å². The van der Waals surface area contributed by atoms with Crippen LogP contribution in [0.1, 0.15) is 32.0 Å². The monoisotopic (exact) mass is 287 g/mol. The second kappa shape index (κ2) is 5.30. The number of nitrogens with one attached hydrogen (secondary N) is 1. The van der Waals surface area contributed by atoms with Crippen LogP contribution in [0.4, 0.5) is 0 Å². The van der Waals surface area contributed by atoms with Crippen LogP contribution in [0.3, 0.4) is 0 Å². The molecule has 1 aliphatic rings. The van der Waals surface area contributed by atoms with E-state index < -0.39 is 22.0 Å². The number of carboxylic acid groups (broad SMARTS) is 1. The number of aliphatic carboxylic acids is 1. The van der Waals surface area contributed by atoms with E-state index in [9.17, 15) is 13.2 Å². The van der Waals surface area contributed by atoms with Crippen molar-refractivity contribution in [3.8, 4) is 0 Å². The van der Waals surface area contributed by atoms with Gasteiger partial charge in [-0.2, -0.15) is 4.31 Å². The molecule has 7 nitrogen and oxygen atoms in total. The number of sulfonamides is 1. The highest BCUT2D eigenvalue weighted by molar-refractivity contribution is 7.89. The van der Waals surface area contributed by atoms with Crippen LogP contribution in [0.15, 0.2) is 11.2 Å². The Hall–Kier alpha value is -1.41. The standard InChI is InChI=1S/C11H17N3O4S/c1-2-9-12-7-10(13-9)19(17,18)14-6-4-3-5-8(14)11(15)16/h7-8H,2-6H2,1H3,(H,12,13)(H,15,16). The van der Waals surface area contributed by atoms with Crippen LogP contribution in [-0.2, 0) is 21.2 Å². The van der Waals surface area contributed by atoms with Gasteiger partial charge in [0.2, 0.25) is 0 Å². The summed E-state index contributed by atoms with van der Waals surface area (Å²) in [6, 6.07) is -0.980. The molecular weight excluding hydrogens is 270 g/mol. The Morgan fingerprint density at radius 2 is 2.32 bits per heavy atom. The number of imidazole rings is 1. The van der Waals surface area contributed by atoms with Crippen LogP contribution in [0.5, 0.6) is 0 Å². The highest BCUT2D eigenvalue weighted by atomic mass is 32.2. The fraction of sp³-hybridized carbons (Fsp3) is 0.636. The van der Waals surface area contributed by atoms with Crippen molar-refractivity contribution < 1.29 is 18.3 Å². The maximum absolute atomic E-state index is 12.4. The number of aryl methyl sites for hydroxylation is 1. The van der Waals surface area contributed by atoms with Crippen LogP contribution < -0.4 is 0 Å². The van der Waals surface area contributed by atoms with E-state index in [4.69, 9.17) is 5.11 Å². The fourth-order valence-electron chi connectivity index (χ4n) is 2.22. The first-order valence-corrected chi connectivity index (χ1v) is 7.69. The van der Waals surface area contributed by atoms with Crippen molar-refractivity contribution in [2.45, 2.75) is 43.7 Å². The molecule has 1 aromatic rings. The van der Waals surface area contributed by atoms with Crippen LogP contribution in [-0.4, -0.2) is 46.4 Å². The summed E-state index contributed by atoms with van der Waals surface area (Å²) >= 11 is 0. The summed E-state index contributed by atoms with van der Waals surface area (Å²) in [4.78, 5) is 17.9. The van der Waals surface area contributed by atoms with Crippen LogP contribution in [0, 0.1) is 0 Å². The third-order valence-corrected chi connectivity index (χ3v) is 5.08. The molecule has 0 amide bonds. The Labute approximate surface area is 111 Å². The molecule has 0 aromatic carbocycles. The number of aromatic nitrogens is 2. The van der Waals surface area contributed by atoms with Gasteiger partial charge in [0.15, 0.2) is 5.03 Å². The lowest BCUT2D eigenvalue weighted by atomic mass is 10.1. The van der Waals surface area contributed by atoms with E-state index in [0.717, 1.165) is 10.7 Å². The van der Waals surface area contributed by atoms with Gasteiger partial charge in [0, 0.05) is 13.0 Å². The third-order valence-electron chi connectivity index (χ3n) is 3.27. The van der Waals surface area contributed by atoms with Gasteiger partial charge < -0.3 is 10.1 Å². The van der Waals surface area contributed by atoms with E-state index in [1.165, 1.54) is 6.20 Å². The minimum atomic E-state index is -3.81. The zero-order valence-corrected chi connectivity index (χ0v) is 11.5. The van der Waals surface area contributed by atoms with E-state index in [2.05, 4.69) is 9.97 Å². The first kappa shape index (κ1) is 14.0. The normalized spacial score (nSPS) is 21.4. The lowest BCUT2D eigenvalue weighted by Gasteiger charge is -2.31. The van der Waals surface area contributed by atoms with Crippen molar-refractivity contribution in [1.29, 1.82) is 0 Å². The third kappa shape index (κ3) is 2.64. The maximum atomic E-state index is 12.4. The predicted octanol–water partition coefficient (Wildman–Crippen LogP) is 0.600. The molecular formula is C11H17N3O4S. The molecule has 1 unspecified atom stereocenters. The Morgan fingerprint density at radius 1 is 1.58 bits per heavy atom. The van der Waals surface area contributed by atoms with Crippen molar-refractivity contribution in [1.82, 2.24) is 14.3 Å². The molecule has 2 N–H and O–H groups in total. The molecule has 1 fully saturated rings. The zero-order valence-electron chi connectivity index (χ0n) is 10.7. The number of carbonyl (C=O) groups is 1. The zero-order chi connectivity index (χ0) is 14.0. The Bertz CT molecular complexity index is 566. The highest BCUT2D eigenvalue weighted by Crippen LogP contribution is 2.24. The molecule has 1 atom stereocenters. The summed E-state index contributed by atoms with van der Waals surface area (Å²) in [7, 11) is -3.81. The summed E-state index contributed by atoms with van der Waals surface area (Å²) in [6.45, 7) is 2.09. The molecule has 0 spiro atoms. The average molecular weight is 287 g/mol. The van der Waals surface area contributed by atoms with Crippen LogP contribution >= 0.6 is 0 Å². The molecule has 106 valence electrons. The van der Waals surface area contributed by atoms with Crippen molar-refractivity contribution in [3.63, 3.8) is 0 Å². The first-order chi connectivity index (χ1) is 8.96.